The minimum Gasteiger partial charge on any atom is -0.333 e. The van der Waals surface area contributed by atoms with E-state index in [2.05, 4.69) is 0 Å². The van der Waals surface area contributed by atoms with Crippen molar-refractivity contribution in [3.8, 4) is 0 Å². The van der Waals surface area contributed by atoms with Crippen LogP contribution in [0.2, 0.25) is 0 Å². The number of alkyl halides is 3. The Morgan fingerprint density at radius 3 is 2.50 bits per heavy atom. The number of nitrogens with two attached hydrogens (primary N) is 1. The van der Waals surface area contributed by atoms with Crippen molar-refractivity contribution in [3.63, 3.8) is 0 Å². The summed E-state index contributed by atoms with van der Waals surface area (Å²) in [6.07, 6.45) is -0.229. The van der Waals surface area contributed by atoms with Gasteiger partial charge in [-0.25, -0.2) is 0 Å². The van der Waals surface area contributed by atoms with Crippen LogP contribution >= 0.6 is 0 Å². The predicted octanol–water partition coefficient (Wildman–Crippen LogP) is 3.88. The van der Waals surface area contributed by atoms with Gasteiger partial charge >= 0.3 is 6.18 Å². The van der Waals surface area contributed by atoms with E-state index in [-0.39, 0.29) is 30.0 Å². The van der Waals surface area contributed by atoms with Crippen molar-refractivity contribution < 1.29 is 18.0 Å². The van der Waals surface area contributed by atoms with Gasteiger partial charge in [-0.05, 0) is 56.7 Å². The zero-order valence-corrected chi connectivity index (χ0v) is 13.7. The average Bonchev–Trinajstić information content (AvgIpc) is 3.26. The van der Waals surface area contributed by atoms with E-state index in [1.54, 1.807) is 11.0 Å². The molecule has 0 saturated heterocycles. The molecule has 0 aromatic heterocycles. The molecule has 0 radical (unpaired) electrons. The van der Waals surface area contributed by atoms with Crippen LogP contribution in [0.5, 0.6) is 0 Å². The molecule has 2 aliphatic carbocycles. The van der Waals surface area contributed by atoms with E-state index in [9.17, 15) is 18.0 Å². The Balaban J connectivity index is 1.82. The quantitative estimate of drug-likeness (QED) is 0.904. The lowest BCUT2D eigenvalue weighted by Gasteiger charge is -2.32. The van der Waals surface area contributed by atoms with Crippen LogP contribution in [0.1, 0.15) is 56.2 Å². The molecule has 2 saturated carbocycles. The topological polar surface area (TPSA) is 46.3 Å². The number of hydrogen-bond acceptors (Lipinski definition) is 2. The fourth-order valence-electron chi connectivity index (χ4n) is 3.63. The highest BCUT2D eigenvalue weighted by Gasteiger charge is 2.41. The number of halogens is 3. The van der Waals surface area contributed by atoms with Crippen LogP contribution in [0.4, 0.5) is 13.2 Å². The van der Waals surface area contributed by atoms with Gasteiger partial charge in [0.2, 0.25) is 5.91 Å². The maximum absolute atomic E-state index is 13.0. The molecule has 24 heavy (non-hydrogen) atoms. The Labute approximate surface area is 140 Å². The molecule has 1 aromatic carbocycles. The van der Waals surface area contributed by atoms with E-state index in [1.807, 2.05) is 6.92 Å². The lowest BCUT2D eigenvalue weighted by molar-refractivity contribution is -0.138. The van der Waals surface area contributed by atoms with Gasteiger partial charge in [-0.15, -0.1) is 0 Å². The van der Waals surface area contributed by atoms with Gasteiger partial charge < -0.3 is 10.6 Å². The molecule has 0 spiro atoms. The average molecular weight is 340 g/mol. The molecule has 1 aromatic rings. The maximum Gasteiger partial charge on any atom is 0.416 e. The second-order valence-electron chi connectivity index (χ2n) is 7.05. The summed E-state index contributed by atoms with van der Waals surface area (Å²) in [4.78, 5) is 14.7. The van der Waals surface area contributed by atoms with E-state index in [0.29, 0.717) is 12.0 Å². The van der Waals surface area contributed by atoms with Gasteiger partial charge in [0.15, 0.2) is 0 Å². The second kappa shape index (κ2) is 6.39. The minimum absolute atomic E-state index is 0.0513. The van der Waals surface area contributed by atoms with Crippen molar-refractivity contribution >= 4 is 5.91 Å². The van der Waals surface area contributed by atoms with Crippen LogP contribution in [-0.4, -0.2) is 22.9 Å². The number of benzene rings is 1. The summed E-state index contributed by atoms with van der Waals surface area (Å²) in [5, 5.41) is 0. The summed E-state index contributed by atoms with van der Waals surface area (Å²) < 4.78 is 38.9. The van der Waals surface area contributed by atoms with Gasteiger partial charge in [0.1, 0.15) is 0 Å². The standard InChI is InChI=1S/C18H23F3N2O/c1-11(12-3-2-4-14(9-12)18(19,20)21)23(16-7-8-16)17(24)13-5-6-15(22)10-13/h2-4,9,11,13,15-16H,5-8,10,22H2,1H3. The molecule has 3 rings (SSSR count). The minimum atomic E-state index is -4.37. The third kappa shape index (κ3) is 3.58. The first-order valence-electron chi connectivity index (χ1n) is 8.52. The van der Waals surface area contributed by atoms with Crippen molar-refractivity contribution in [2.45, 2.75) is 63.3 Å². The normalized spacial score (nSPS) is 25.5. The van der Waals surface area contributed by atoms with Gasteiger partial charge in [-0.3, -0.25) is 4.79 Å². The highest BCUT2D eigenvalue weighted by molar-refractivity contribution is 5.80. The summed E-state index contributed by atoms with van der Waals surface area (Å²) in [7, 11) is 0. The second-order valence-corrected chi connectivity index (χ2v) is 7.05. The zero-order chi connectivity index (χ0) is 17.5. The largest absolute Gasteiger partial charge is 0.416 e. The molecule has 6 heteroatoms. The fourth-order valence-corrected chi connectivity index (χ4v) is 3.63. The Hall–Kier alpha value is -1.56. The van der Waals surface area contributed by atoms with Gasteiger partial charge in [0.25, 0.3) is 0 Å². The van der Waals surface area contributed by atoms with Crippen LogP contribution < -0.4 is 5.73 Å². The Kier molecular flexibility index (Phi) is 4.60. The number of carbonyl (C=O) groups is 1. The molecule has 0 aliphatic heterocycles. The van der Waals surface area contributed by atoms with Gasteiger partial charge in [0.05, 0.1) is 11.6 Å². The van der Waals surface area contributed by atoms with Crippen LogP contribution in [0.3, 0.4) is 0 Å². The van der Waals surface area contributed by atoms with E-state index < -0.39 is 11.7 Å². The van der Waals surface area contributed by atoms with Crippen molar-refractivity contribution in [2.75, 3.05) is 0 Å². The summed E-state index contributed by atoms with van der Waals surface area (Å²) in [5.74, 6) is -0.0378. The molecular formula is C18H23F3N2O. The Morgan fingerprint density at radius 2 is 1.96 bits per heavy atom. The van der Waals surface area contributed by atoms with Crippen molar-refractivity contribution in [1.82, 2.24) is 4.90 Å². The Morgan fingerprint density at radius 1 is 1.25 bits per heavy atom. The van der Waals surface area contributed by atoms with E-state index in [1.165, 1.54) is 6.07 Å². The summed E-state index contributed by atoms with van der Waals surface area (Å²) in [6, 6.07) is 5.16. The van der Waals surface area contributed by atoms with Gasteiger partial charge in [0, 0.05) is 18.0 Å². The molecule has 2 aliphatic rings. The van der Waals surface area contributed by atoms with Crippen LogP contribution in [0.15, 0.2) is 24.3 Å². The van der Waals surface area contributed by atoms with E-state index >= 15 is 0 Å². The number of amides is 1. The molecule has 0 bridgehead atoms. The van der Waals surface area contributed by atoms with Gasteiger partial charge in [-0.1, -0.05) is 12.1 Å². The third-order valence-electron chi connectivity index (χ3n) is 5.13. The SMILES string of the molecule is CC(c1cccc(C(F)(F)F)c1)N(C(=O)C1CCC(N)C1)C1CC1. The van der Waals surface area contributed by atoms with E-state index in [4.69, 9.17) is 5.73 Å². The molecule has 2 fully saturated rings. The summed E-state index contributed by atoms with van der Waals surface area (Å²) in [6.45, 7) is 1.82. The first-order valence-corrected chi connectivity index (χ1v) is 8.52. The van der Waals surface area contributed by atoms with Gasteiger partial charge in [-0.2, -0.15) is 13.2 Å². The Bertz CT molecular complexity index is 613. The van der Waals surface area contributed by atoms with Crippen molar-refractivity contribution in [1.29, 1.82) is 0 Å². The molecule has 3 atom stereocenters. The highest BCUT2D eigenvalue weighted by atomic mass is 19.4. The monoisotopic (exact) mass is 340 g/mol. The molecule has 3 nitrogen and oxygen atoms in total. The first kappa shape index (κ1) is 17.3. The van der Waals surface area contributed by atoms with Crippen molar-refractivity contribution in [3.05, 3.63) is 35.4 Å². The molecule has 3 unspecified atom stereocenters. The number of hydrogen-bond donors (Lipinski definition) is 1. The number of nitrogens with zero attached hydrogens (tertiary/aromatic N) is 1. The molecule has 0 heterocycles. The zero-order valence-electron chi connectivity index (χ0n) is 13.7. The fraction of sp³-hybridized carbons (Fsp3) is 0.611. The third-order valence-corrected chi connectivity index (χ3v) is 5.13. The lowest BCUT2D eigenvalue weighted by Crippen LogP contribution is -2.39. The van der Waals surface area contributed by atoms with Crippen LogP contribution in [-0.2, 0) is 11.0 Å². The summed E-state index contributed by atoms with van der Waals surface area (Å²) >= 11 is 0. The predicted molar refractivity (Wildman–Crippen MR) is 85.0 cm³/mol. The molecule has 1 amide bonds. The molecule has 2 N–H and O–H groups in total. The first-order chi connectivity index (χ1) is 11.3. The highest BCUT2D eigenvalue weighted by Crippen LogP contribution is 2.39. The smallest absolute Gasteiger partial charge is 0.333 e. The van der Waals surface area contributed by atoms with Crippen LogP contribution in [0, 0.1) is 5.92 Å². The summed E-state index contributed by atoms with van der Waals surface area (Å²) in [5.41, 5.74) is 5.78. The lowest BCUT2D eigenvalue weighted by atomic mass is 10.00. The number of carbonyl (C=O) groups excluding carboxylic acids is 1. The number of rotatable bonds is 4. The molecule has 132 valence electrons. The van der Waals surface area contributed by atoms with E-state index in [0.717, 1.165) is 37.8 Å². The van der Waals surface area contributed by atoms with Crippen molar-refractivity contribution in [2.24, 2.45) is 11.7 Å². The molecular weight excluding hydrogens is 317 g/mol. The van der Waals surface area contributed by atoms with Crippen LogP contribution in [0.25, 0.3) is 0 Å². The maximum atomic E-state index is 13.0.